The lowest BCUT2D eigenvalue weighted by molar-refractivity contribution is 0.284. The monoisotopic (exact) mass is 346 g/mol. The van der Waals surface area contributed by atoms with E-state index in [0.717, 1.165) is 16.7 Å². The summed E-state index contributed by atoms with van der Waals surface area (Å²) in [5.74, 6) is 0. The summed E-state index contributed by atoms with van der Waals surface area (Å²) in [6, 6.07) is 12.9. The number of nitrogens with one attached hydrogen (secondary N) is 1. The largest absolute Gasteiger partial charge is 0.396 e. The van der Waals surface area contributed by atoms with Gasteiger partial charge in [-0.15, -0.1) is 0 Å². The summed E-state index contributed by atoms with van der Waals surface area (Å²) in [7, 11) is -2.02. The van der Waals surface area contributed by atoms with Gasteiger partial charge in [0.25, 0.3) is 10.0 Å². The van der Waals surface area contributed by atoms with E-state index in [2.05, 4.69) is 5.32 Å². The van der Waals surface area contributed by atoms with Crippen molar-refractivity contribution in [3.8, 4) is 0 Å². The van der Waals surface area contributed by atoms with E-state index in [0.29, 0.717) is 23.5 Å². The summed E-state index contributed by atoms with van der Waals surface area (Å²) in [5, 5.41) is 12.5. The Balaban J connectivity index is 2.24. The van der Waals surface area contributed by atoms with Gasteiger partial charge in [-0.2, -0.15) is 0 Å². The highest BCUT2D eigenvalue weighted by Crippen LogP contribution is 2.40. The SMILES string of the molecule is Cc1ccc2c(c1)S(=O)(=O)N(C)c1ccccc1C2NCCCO. The second-order valence-electron chi connectivity index (χ2n) is 6.04. The van der Waals surface area contributed by atoms with Crippen LogP contribution in [0.25, 0.3) is 0 Å². The number of anilines is 1. The van der Waals surface area contributed by atoms with Crippen LogP contribution < -0.4 is 9.62 Å². The number of hydrogen-bond acceptors (Lipinski definition) is 4. The Morgan fingerprint density at radius 3 is 2.67 bits per heavy atom. The van der Waals surface area contributed by atoms with Crippen LogP contribution in [0.3, 0.4) is 0 Å². The van der Waals surface area contributed by atoms with Gasteiger partial charge in [0.05, 0.1) is 16.6 Å². The first-order chi connectivity index (χ1) is 11.5. The fraction of sp³-hybridized carbons (Fsp3) is 0.333. The Morgan fingerprint density at radius 2 is 1.92 bits per heavy atom. The van der Waals surface area contributed by atoms with E-state index >= 15 is 0 Å². The van der Waals surface area contributed by atoms with Crippen molar-refractivity contribution in [2.24, 2.45) is 0 Å². The lowest BCUT2D eigenvalue weighted by atomic mass is 9.96. The molecule has 0 spiro atoms. The second kappa shape index (κ2) is 6.55. The first-order valence-corrected chi connectivity index (χ1v) is 9.43. The van der Waals surface area contributed by atoms with Gasteiger partial charge in [-0.1, -0.05) is 30.3 Å². The van der Waals surface area contributed by atoms with Crippen molar-refractivity contribution in [3.63, 3.8) is 0 Å². The number of benzene rings is 2. The van der Waals surface area contributed by atoms with E-state index in [4.69, 9.17) is 5.11 Å². The number of hydrogen-bond donors (Lipinski definition) is 2. The number of aliphatic hydroxyl groups is 1. The maximum atomic E-state index is 13.1. The molecule has 0 aromatic heterocycles. The molecule has 128 valence electrons. The zero-order valence-corrected chi connectivity index (χ0v) is 14.7. The van der Waals surface area contributed by atoms with Gasteiger partial charge >= 0.3 is 0 Å². The topological polar surface area (TPSA) is 69.6 Å². The minimum absolute atomic E-state index is 0.0975. The quantitative estimate of drug-likeness (QED) is 0.833. The number of aryl methyl sites for hydroxylation is 1. The van der Waals surface area contributed by atoms with Crippen molar-refractivity contribution in [2.45, 2.75) is 24.3 Å². The maximum absolute atomic E-state index is 13.1. The van der Waals surface area contributed by atoms with Crippen molar-refractivity contribution in [3.05, 3.63) is 59.2 Å². The molecule has 5 nitrogen and oxygen atoms in total. The molecule has 0 aliphatic carbocycles. The Morgan fingerprint density at radius 1 is 1.17 bits per heavy atom. The highest BCUT2D eigenvalue weighted by Gasteiger charge is 2.34. The number of aliphatic hydroxyl groups excluding tert-OH is 1. The van der Waals surface area contributed by atoms with Crippen molar-refractivity contribution >= 4 is 15.7 Å². The van der Waals surface area contributed by atoms with Crippen LogP contribution in [0.2, 0.25) is 0 Å². The summed E-state index contributed by atoms with van der Waals surface area (Å²) >= 11 is 0. The van der Waals surface area contributed by atoms with E-state index in [-0.39, 0.29) is 12.6 Å². The minimum Gasteiger partial charge on any atom is -0.396 e. The molecule has 0 bridgehead atoms. The van der Waals surface area contributed by atoms with Crippen LogP contribution >= 0.6 is 0 Å². The lowest BCUT2D eigenvalue weighted by Crippen LogP contribution is -2.26. The first-order valence-electron chi connectivity index (χ1n) is 7.99. The molecular formula is C18H22N2O3S. The highest BCUT2D eigenvalue weighted by atomic mass is 32.2. The average molecular weight is 346 g/mol. The average Bonchev–Trinajstić information content (AvgIpc) is 2.64. The Kier molecular flexibility index (Phi) is 4.62. The molecule has 2 aromatic rings. The molecule has 0 amide bonds. The van der Waals surface area contributed by atoms with Gasteiger partial charge in [0.1, 0.15) is 0 Å². The number of sulfonamides is 1. The molecule has 0 radical (unpaired) electrons. The zero-order valence-electron chi connectivity index (χ0n) is 13.9. The molecule has 3 rings (SSSR count). The van der Waals surface area contributed by atoms with E-state index in [9.17, 15) is 8.42 Å². The fourth-order valence-corrected chi connectivity index (χ4v) is 4.65. The van der Waals surface area contributed by atoms with E-state index < -0.39 is 10.0 Å². The second-order valence-corrected chi connectivity index (χ2v) is 7.97. The van der Waals surface area contributed by atoms with Gasteiger partial charge in [-0.3, -0.25) is 4.31 Å². The predicted molar refractivity (Wildman–Crippen MR) is 94.8 cm³/mol. The molecule has 6 heteroatoms. The van der Waals surface area contributed by atoms with Gasteiger partial charge in [0.15, 0.2) is 0 Å². The summed E-state index contributed by atoms with van der Waals surface area (Å²) < 4.78 is 27.5. The molecule has 1 unspecified atom stereocenters. The summed E-state index contributed by atoms with van der Waals surface area (Å²) in [6.07, 6.45) is 0.614. The Hall–Kier alpha value is -1.89. The molecule has 0 saturated carbocycles. The normalized spacial score (nSPS) is 18.6. The van der Waals surface area contributed by atoms with Crippen LogP contribution in [-0.2, 0) is 10.0 Å². The van der Waals surface area contributed by atoms with Crippen LogP contribution in [0, 0.1) is 6.92 Å². The third-order valence-electron chi connectivity index (χ3n) is 4.39. The zero-order chi connectivity index (χ0) is 17.3. The van der Waals surface area contributed by atoms with Crippen LogP contribution in [0.1, 0.15) is 29.2 Å². The molecule has 1 atom stereocenters. The van der Waals surface area contributed by atoms with Crippen LogP contribution in [-0.4, -0.2) is 33.7 Å². The van der Waals surface area contributed by atoms with Gasteiger partial charge in [-0.05, 0) is 48.7 Å². The van der Waals surface area contributed by atoms with Crippen molar-refractivity contribution in [1.82, 2.24) is 5.32 Å². The fourth-order valence-electron chi connectivity index (χ4n) is 3.11. The molecule has 1 heterocycles. The lowest BCUT2D eigenvalue weighted by Gasteiger charge is -2.22. The smallest absolute Gasteiger partial charge is 0.264 e. The molecule has 2 N–H and O–H groups in total. The third kappa shape index (κ3) is 2.81. The van der Waals surface area contributed by atoms with Crippen LogP contribution in [0.4, 0.5) is 5.69 Å². The number of rotatable bonds is 4. The number of nitrogens with zero attached hydrogens (tertiary/aromatic N) is 1. The van der Waals surface area contributed by atoms with E-state index in [1.165, 1.54) is 4.31 Å². The minimum atomic E-state index is -3.61. The van der Waals surface area contributed by atoms with Crippen molar-refractivity contribution < 1.29 is 13.5 Å². The number of fused-ring (bicyclic) bond motifs is 2. The first kappa shape index (κ1) is 17.0. The Bertz CT molecular complexity index is 849. The van der Waals surface area contributed by atoms with Crippen molar-refractivity contribution in [1.29, 1.82) is 0 Å². The molecule has 0 saturated heterocycles. The van der Waals surface area contributed by atoms with Gasteiger partial charge in [-0.25, -0.2) is 8.42 Å². The molecular weight excluding hydrogens is 324 g/mol. The highest BCUT2D eigenvalue weighted by molar-refractivity contribution is 7.92. The van der Waals surface area contributed by atoms with E-state index in [1.54, 1.807) is 13.1 Å². The van der Waals surface area contributed by atoms with Crippen LogP contribution in [0.5, 0.6) is 0 Å². The molecule has 2 aromatic carbocycles. The Labute approximate surface area is 143 Å². The molecule has 1 aliphatic heterocycles. The van der Waals surface area contributed by atoms with Gasteiger partial charge in [0.2, 0.25) is 0 Å². The predicted octanol–water partition coefficient (Wildman–Crippen LogP) is 2.19. The number of para-hydroxylation sites is 1. The molecule has 24 heavy (non-hydrogen) atoms. The summed E-state index contributed by atoms with van der Waals surface area (Å²) in [4.78, 5) is 0.336. The summed E-state index contributed by atoms with van der Waals surface area (Å²) in [5.41, 5.74) is 3.25. The van der Waals surface area contributed by atoms with Crippen molar-refractivity contribution in [2.75, 3.05) is 24.5 Å². The molecule has 0 fully saturated rings. The molecule has 1 aliphatic rings. The maximum Gasteiger partial charge on any atom is 0.264 e. The van der Waals surface area contributed by atoms with Gasteiger partial charge < -0.3 is 10.4 Å². The summed E-state index contributed by atoms with van der Waals surface area (Å²) in [6.45, 7) is 2.59. The van der Waals surface area contributed by atoms with E-state index in [1.807, 2.05) is 43.3 Å². The third-order valence-corrected chi connectivity index (χ3v) is 6.22. The standard InChI is InChI=1S/C18H22N2O3S/c1-13-8-9-15-17(12-13)24(22,23)20(2)16-7-4-3-6-14(16)18(15)19-10-5-11-21/h3-4,6-9,12,18-19,21H,5,10-11H2,1-2H3. The van der Waals surface area contributed by atoms with Gasteiger partial charge in [0, 0.05) is 13.7 Å². The van der Waals surface area contributed by atoms with Crippen LogP contribution in [0.15, 0.2) is 47.4 Å².